The summed E-state index contributed by atoms with van der Waals surface area (Å²) in [6.45, 7) is 6.45. The number of fused-ring (bicyclic) bond motifs is 1. The first-order valence-electron chi connectivity index (χ1n) is 10.7. The van der Waals surface area contributed by atoms with Crippen LogP contribution < -0.4 is 10.1 Å². The molecule has 0 spiro atoms. The SMILES string of the molecule is CCOc1ccc(CN2C(=O)c3ccccc3C2=O)cc1C(=O)Nc1nnc(CC(C)C)s1. The number of imide groups is 1. The Hall–Kier alpha value is -3.59. The average Bonchev–Trinajstić information content (AvgIpc) is 3.32. The van der Waals surface area contributed by atoms with Gasteiger partial charge < -0.3 is 4.74 Å². The Bertz CT molecular complexity index is 1190. The number of nitrogens with one attached hydrogen (secondary N) is 1. The van der Waals surface area contributed by atoms with Gasteiger partial charge in [-0.05, 0) is 42.7 Å². The summed E-state index contributed by atoms with van der Waals surface area (Å²) < 4.78 is 5.63. The van der Waals surface area contributed by atoms with Crippen molar-refractivity contribution in [1.29, 1.82) is 0 Å². The maximum atomic E-state index is 13.0. The molecule has 0 fully saturated rings. The molecule has 2 aromatic carbocycles. The van der Waals surface area contributed by atoms with Crippen molar-refractivity contribution in [3.8, 4) is 5.75 Å². The Morgan fingerprint density at radius 3 is 2.42 bits per heavy atom. The lowest BCUT2D eigenvalue weighted by Gasteiger charge is -2.16. The van der Waals surface area contributed by atoms with Crippen LogP contribution in [0.5, 0.6) is 5.75 Å². The third kappa shape index (κ3) is 4.78. The Kier molecular flexibility index (Phi) is 6.50. The number of ether oxygens (including phenoxy) is 1. The van der Waals surface area contributed by atoms with Gasteiger partial charge in [0.05, 0.1) is 29.8 Å². The molecule has 0 radical (unpaired) electrons. The fourth-order valence-electron chi connectivity index (χ4n) is 3.60. The van der Waals surface area contributed by atoms with Crippen LogP contribution in [0.15, 0.2) is 42.5 Å². The molecule has 1 aliphatic rings. The van der Waals surface area contributed by atoms with E-state index in [-0.39, 0.29) is 18.4 Å². The van der Waals surface area contributed by atoms with Crippen molar-refractivity contribution in [2.75, 3.05) is 11.9 Å². The maximum Gasteiger partial charge on any atom is 0.261 e. The molecule has 170 valence electrons. The van der Waals surface area contributed by atoms with Crippen molar-refractivity contribution in [2.24, 2.45) is 5.92 Å². The van der Waals surface area contributed by atoms with Crippen molar-refractivity contribution in [1.82, 2.24) is 15.1 Å². The summed E-state index contributed by atoms with van der Waals surface area (Å²) in [7, 11) is 0. The van der Waals surface area contributed by atoms with E-state index in [2.05, 4.69) is 29.4 Å². The normalized spacial score (nSPS) is 12.9. The molecular formula is C24H24N4O4S. The number of rotatable bonds is 8. The summed E-state index contributed by atoms with van der Waals surface area (Å²) in [4.78, 5) is 39.6. The van der Waals surface area contributed by atoms with Crippen LogP contribution in [-0.2, 0) is 13.0 Å². The smallest absolute Gasteiger partial charge is 0.261 e. The van der Waals surface area contributed by atoms with Crippen molar-refractivity contribution in [3.05, 3.63) is 69.7 Å². The summed E-state index contributed by atoms with van der Waals surface area (Å²) >= 11 is 1.33. The van der Waals surface area contributed by atoms with Crippen molar-refractivity contribution in [3.63, 3.8) is 0 Å². The van der Waals surface area contributed by atoms with E-state index in [1.165, 1.54) is 16.2 Å². The molecule has 0 saturated carbocycles. The van der Waals surface area contributed by atoms with Gasteiger partial charge in [0.1, 0.15) is 10.8 Å². The summed E-state index contributed by atoms with van der Waals surface area (Å²) in [6.07, 6.45) is 0.785. The van der Waals surface area contributed by atoms with Crippen molar-refractivity contribution >= 4 is 34.2 Å². The monoisotopic (exact) mass is 464 g/mol. The topological polar surface area (TPSA) is 101 Å². The van der Waals surface area contributed by atoms with E-state index < -0.39 is 5.91 Å². The molecule has 8 nitrogen and oxygen atoms in total. The van der Waals surface area contributed by atoms with E-state index in [1.807, 2.05) is 6.92 Å². The second-order valence-corrected chi connectivity index (χ2v) is 9.12. The Balaban J connectivity index is 1.56. The lowest BCUT2D eigenvalue weighted by molar-refractivity contribution is 0.0642. The molecule has 3 aromatic rings. The molecule has 3 amide bonds. The zero-order chi connectivity index (χ0) is 23.5. The molecule has 9 heteroatoms. The number of aromatic nitrogens is 2. The minimum absolute atomic E-state index is 0.0520. The van der Waals surface area contributed by atoms with E-state index in [0.717, 1.165) is 11.4 Å². The highest BCUT2D eigenvalue weighted by molar-refractivity contribution is 7.15. The zero-order valence-electron chi connectivity index (χ0n) is 18.6. The van der Waals surface area contributed by atoms with Crippen LogP contribution in [0.4, 0.5) is 5.13 Å². The van der Waals surface area contributed by atoms with Gasteiger partial charge in [0, 0.05) is 6.42 Å². The summed E-state index contributed by atoms with van der Waals surface area (Å²) in [5.74, 6) is -0.239. The van der Waals surface area contributed by atoms with Crippen LogP contribution in [0.25, 0.3) is 0 Å². The number of nitrogens with zero attached hydrogens (tertiary/aromatic N) is 3. The van der Waals surface area contributed by atoms with Gasteiger partial charge >= 0.3 is 0 Å². The van der Waals surface area contributed by atoms with Crippen LogP contribution in [0, 0.1) is 5.92 Å². The van der Waals surface area contributed by atoms with Gasteiger partial charge in [-0.25, -0.2) is 0 Å². The zero-order valence-corrected chi connectivity index (χ0v) is 19.4. The third-order valence-electron chi connectivity index (χ3n) is 5.08. The molecular weight excluding hydrogens is 440 g/mol. The standard InChI is InChI=1S/C24H24N4O4S/c1-4-32-19-10-9-15(13-28-22(30)16-7-5-6-8-17(16)23(28)31)12-18(19)21(29)25-24-27-26-20(33-24)11-14(2)3/h5-10,12,14H,4,11,13H2,1-3H3,(H,25,27,29). The average molecular weight is 465 g/mol. The minimum Gasteiger partial charge on any atom is -0.493 e. The lowest BCUT2D eigenvalue weighted by Crippen LogP contribution is -2.29. The number of hydrogen-bond acceptors (Lipinski definition) is 7. The number of anilines is 1. The molecule has 1 aliphatic heterocycles. The summed E-state index contributed by atoms with van der Waals surface area (Å²) in [5, 5.41) is 12.2. The molecule has 2 heterocycles. The van der Waals surface area contributed by atoms with Gasteiger partial charge in [-0.3, -0.25) is 24.6 Å². The largest absolute Gasteiger partial charge is 0.493 e. The first-order chi connectivity index (χ1) is 15.9. The first-order valence-corrected chi connectivity index (χ1v) is 11.5. The lowest BCUT2D eigenvalue weighted by atomic mass is 10.1. The van der Waals surface area contributed by atoms with Gasteiger partial charge in [0.15, 0.2) is 0 Å². The van der Waals surface area contributed by atoms with Crippen LogP contribution in [0.1, 0.15) is 62.4 Å². The van der Waals surface area contributed by atoms with E-state index in [0.29, 0.717) is 45.7 Å². The maximum absolute atomic E-state index is 13.0. The van der Waals surface area contributed by atoms with Gasteiger partial charge in [-0.15, -0.1) is 10.2 Å². The first kappa shape index (κ1) is 22.6. The Morgan fingerprint density at radius 2 is 1.79 bits per heavy atom. The number of carbonyl (C=O) groups is 3. The predicted octanol–water partition coefficient (Wildman–Crippen LogP) is 4.18. The number of carbonyl (C=O) groups excluding carboxylic acids is 3. The van der Waals surface area contributed by atoms with E-state index in [9.17, 15) is 14.4 Å². The van der Waals surface area contributed by atoms with E-state index in [1.54, 1.807) is 42.5 Å². The fraction of sp³-hybridized carbons (Fsp3) is 0.292. The molecule has 0 saturated heterocycles. The van der Waals surface area contributed by atoms with Crippen LogP contribution in [0.3, 0.4) is 0 Å². The molecule has 0 aliphatic carbocycles. The quantitative estimate of drug-likeness (QED) is 0.502. The minimum atomic E-state index is -0.394. The molecule has 0 unspecified atom stereocenters. The molecule has 1 N–H and O–H groups in total. The molecule has 0 atom stereocenters. The van der Waals surface area contributed by atoms with Gasteiger partial charge in [0.2, 0.25) is 5.13 Å². The van der Waals surface area contributed by atoms with Gasteiger partial charge in [0.25, 0.3) is 17.7 Å². The van der Waals surface area contributed by atoms with Crippen LogP contribution >= 0.6 is 11.3 Å². The van der Waals surface area contributed by atoms with Crippen LogP contribution in [-0.4, -0.2) is 39.4 Å². The summed E-state index contributed by atoms with van der Waals surface area (Å²) in [6, 6.07) is 11.8. The highest BCUT2D eigenvalue weighted by atomic mass is 32.1. The highest BCUT2D eigenvalue weighted by Gasteiger charge is 2.35. The number of amides is 3. The Morgan fingerprint density at radius 1 is 1.09 bits per heavy atom. The van der Waals surface area contributed by atoms with Crippen molar-refractivity contribution in [2.45, 2.75) is 33.7 Å². The molecule has 4 rings (SSSR count). The van der Waals surface area contributed by atoms with E-state index in [4.69, 9.17) is 4.74 Å². The third-order valence-corrected chi connectivity index (χ3v) is 5.94. The number of benzene rings is 2. The summed E-state index contributed by atoms with van der Waals surface area (Å²) in [5.41, 5.74) is 1.71. The predicted molar refractivity (Wildman–Crippen MR) is 125 cm³/mol. The van der Waals surface area contributed by atoms with Crippen LogP contribution in [0.2, 0.25) is 0 Å². The van der Waals surface area contributed by atoms with Gasteiger partial charge in [-0.1, -0.05) is 43.4 Å². The molecule has 33 heavy (non-hydrogen) atoms. The van der Waals surface area contributed by atoms with Gasteiger partial charge in [-0.2, -0.15) is 0 Å². The second kappa shape index (κ2) is 9.50. The van der Waals surface area contributed by atoms with Crippen molar-refractivity contribution < 1.29 is 19.1 Å². The van der Waals surface area contributed by atoms with E-state index >= 15 is 0 Å². The molecule has 0 bridgehead atoms. The number of hydrogen-bond donors (Lipinski definition) is 1. The highest BCUT2D eigenvalue weighted by Crippen LogP contribution is 2.27. The second-order valence-electron chi connectivity index (χ2n) is 8.06. The fourth-order valence-corrected chi connectivity index (χ4v) is 4.55. The molecule has 1 aromatic heterocycles. The Labute approximate surface area is 195 Å².